The molecule has 16 nitrogen and oxygen atoms in total. The molecule has 16 heteroatoms. The molecule has 5 unspecified atom stereocenters. The number of aliphatic hydroxyl groups is 1. The van der Waals surface area contributed by atoms with E-state index in [0.29, 0.717) is 5.69 Å². The van der Waals surface area contributed by atoms with Gasteiger partial charge >= 0.3 is 17.9 Å². The Morgan fingerprint density at radius 2 is 1.47 bits per heavy atom. The van der Waals surface area contributed by atoms with Crippen LogP contribution < -0.4 is 21.7 Å². The highest BCUT2D eigenvalue weighted by molar-refractivity contribution is 5.94. The zero-order chi connectivity index (χ0) is 27.4. The summed E-state index contributed by atoms with van der Waals surface area (Å²) in [5.41, 5.74) is 6.37. The number of aromatic nitrogens is 2. The number of imidazole rings is 1. The number of aliphatic hydroxyl groups excluding tert-OH is 1. The van der Waals surface area contributed by atoms with Crippen LogP contribution in [0.3, 0.4) is 0 Å². The Labute approximate surface area is 204 Å². The summed E-state index contributed by atoms with van der Waals surface area (Å²) in [7, 11) is 0. The van der Waals surface area contributed by atoms with Gasteiger partial charge in [0.05, 0.1) is 18.5 Å². The Morgan fingerprint density at radius 3 is 1.94 bits per heavy atom. The molecule has 0 aromatic carbocycles. The quantitative estimate of drug-likeness (QED) is 0.106. The molecule has 0 bridgehead atoms. The molecule has 5 atom stereocenters. The van der Waals surface area contributed by atoms with Crippen LogP contribution in [0.15, 0.2) is 12.5 Å². The van der Waals surface area contributed by atoms with Gasteiger partial charge in [0, 0.05) is 31.2 Å². The highest BCUT2D eigenvalue weighted by Gasteiger charge is 2.33. The second-order valence-corrected chi connectivity index (χ2v) is 7.94. The van der Waals surface area contributed by atoms with E-state index in [4.69, 9.17) is 15.9 Å². The van der Waals surface area contributed by atoms with Gasteiger partial charge in [0.1, 0.15) is 18.1 Å². The Bertz CT molecular complexity index is 935. The lowest BCUT2D eigenvalue weighted by atomic mass is 10.1. The first kappa shape index (κ1) is 30.0. The minimum absolute atomic E-state index is 0.0325. The number of carbonyl (C=O) groups is 6. The number of H-pyrrole nitrogens is 1. The second kappa shape index (κ2) is 14.4. The normalized spacial score (nSPS) is 15.0. The number of aliphatic carboxylic acids is 3. The van der Waals surface area contributed by atoms with Gasteiger partial charge in [0.15, 0.2) is 0 Å². The second-order valence-electron chi connectivity index (χ2n) is 7.94. The van der Waals surface area contributed by atoms with Crippen LogP contribution in [0.25, 0.3) is 0 Å². The van der Waals surface area contributed by atoms with Crippen molar-refractivity contribution >= 4 is 35.6 Å². The Hall–Kier alpha value is -4.05. The van der Waals surface area contributed by atoms with E-state index < -0.39 is 85.2 Å². The number of carboxylic acids is 3. The van der Waals surface area contributed by atoms with Crippen LogP contribution in [0.5, 0.6) is 0 Å². The summed E-state index contributed by atoms with van der Waals surface area (Å²) in [5.74, 6) is -7.05. The maximum absolute atomic E-state index is 12.8. The Balaban J connectivity index is 2.93. The molecular formula is C20H30N6O10. The summed E-state index contributed by atoms with van der Waals surface area (Å²) in [6.07, 6.45) is -0.626. The first-order chi connectivity index (χ1) is 16.8. The highest BCUT2D eigenvalue weighted by Crippen LogP contribution is 2.05. The summed E-state index contributed by atoms with van der Waals surface area (Å²) in [5, 5.41) is 43.4. The number of nitrogens with two attached hydrogens (primary N) is 1. The average molecular weight is 514 g/mol. The molecular weight excluding hydrogens is 484 g/mol. The molecule has 0 aliphatic heterocycles. The van der Waals surface area contributed by atoms with Gasteiger partial charge in [-0.1, -0.05) is 0 Å². The molecule has 0 spiro atoms. The van der Waals surface area contributed by atoms with Crippen molar-refractivity contribution in [2.45, 2.75) is 69.3 Å². The van der Waals surface area contributed by atoms with Crippen molar-refractivity contribution in [2.24, 2.45) is 5.73 Å². The zero-order valence-electron chi connectivity index (χ0n) is 19.3. The number of nitrogens with one attached hydrogen (secondary N) is 4. The molecule has 1 aromatic rings. The third-order valence-electron chi connectivity index (χ3n) is 4.94. The van der Waals surface area contributed by atoms with Gasteiger partial charge in [-0.3, -0.25) is 24.0 Å². The summed E-state index contributed by atoms with van der Waals surface area (Å²) in [4.78, 5) is 77.5. The molecule has 0 radical (unpaired) electrons. The van der Waals surface area contributed by atoms with E-state index in [9.17, 15) is 39.0 Å². The maximum atomic E-state index is 12.8. The number of aromatic amines is 1. The first-order valence-electron chi connectivity index (χ1n) is 10.8. The van der Waals surface area contributed by atoms with E-state index in [0.717, 1.165) is 6.92 Å². The van der Waals surface area contributed by atoms with Crippen LogP contribution in [0.2, 0.25) is 0 Å². The highest BCUT2D eigenvalue weighted by atomic mass is 16.4. The monoisotopic (exact) mass is 514 g/mol. The zero-order valence-corrected chi connectivity index (χ0v) is 19.3. The van der Waals surface area contributed by atoms with Crippen molar-refractivity contribution in [1.82, 2.24) is 25.9 Å². The van der Waals surface area contributed by atoms with Crippen molar-refractivity contribution in [3.63, 3.8) is 0 Å². The van der Waals surface area contributed by atoms with Crippen molar-refractivity contribution in [2.75, 3.05) is 0 Å². The van der Waals surface area contributed by atoms with Gasteiger partial charge in [-0.25, -0.2) is 9.78 Å². The summed E-state index contributed by atoms with van der Waals surface area (Å²) in [6, 6.07) is -5.91. The Morgan fingerprint density at radius 1 is 0.917 bits per heavy atom. The third kappa shape index (κ3) is 10.5. The van der Waals surface area contributed by atoms with Crippen LogP contribution in [0, 0.1) is 0 Å². The van der Waals surface area contributed by atoms with Crippen molar-refractivity contribution in [3.8, 4) is 0 Å². The van der Waals surface area contributed by atoms with Crippen LogP contribution in [0.4, 0.5) is 0 Å². The number of carboxylic acid groups (broad SMARTS) is 3. The molecule has 0 saturated carbocycles. The van der Waals surface area contributed by atoms with E-state index in [1.807, 2.05) is 5.32 Å². The molecule has 0 fully saturated rings. The van der Waals surface area contributed by atoms with Gasteiger partial charge in [-0.05, 0) is 19.8 Å². The average Bonchev–Trinajstić information content (AvgIpc) is 3.29. The number of hydrogen-bond donors (Lipinski definition) is 9. The van der Waals surface area contributed by atoms with Gasteiger partial charge in [-0.2, -0.15) is 0 Å². The number of hydrogen-bond acceptors (Lipinski definition) is 9. The number of rotatable bonds is 16. The maximum Gasteiger partial charge on any atom is 0.326 e. The molecule has 1 rings (SSSR count). The smallest absolute Gasteiger partial charge is 0.326 e. The van der Waals surface area contributed by atoms with E-state index in [2.05, 4.69) is 20.6 Å². The summed E-state index contributed by atoms with van der Waals surface area (Å²) >= 11 is 0. The number of nitrogens with zero attached hydrogens (tertiary/aromatic N) is 1. The molecule has 36 heavy (non-hydrogen) atoms. The van der Waals surface area contributed by atoms with Crippen LogP contribution in [-0.4, -0.2) is 96.3 Å². The lowest BCUT2D eigenvalue weighted by molar-refractivity contribution is -0.144. The molecule has 10 N–H and O–H groups in total. The fourth-order valence-corrected chi connectivity index (χ4v) is 2.99. The molecule has 200 valence electrons. The van der Waals surface area contributed by atoms with E-state index in [1.54, 1.807) is 0 Å². The van der Waals surface area contributed by atoms with Gasteiger partial charge < -0.3 is 47.1 Å². The van der Waals surface area contributed by atoms with E-state index >= 15 is 0 Å². The van der Waals surface area contributed by atoms with Gasteiger partial charge in [0.25, 0.3) is 0 Å². The lowest BCUT2D eigenvalue weighted by Crippen LogP contribution is -2.60. The largest absolute Gasteiger partial charge is 0.481 e. The van der Waals surface area contributed by atoms with E-state index in [1.165, 1.54) is 12.5 Å². The fraction of sp³-hybridized carbons (Fsp3) is 0.550. The van der Waals surface area contributed by atoms with Crippen molar-refractivity contribution < 1.29 is 49.2 Å². The van der Waals surface area contributed by atoms with Crippen LogP contribution in [0.1, 0.15) is 38.3 Å². The van der Waals surface area contributed by atoms with E-state index in [-0.39, 0.29) is 12.8 Å². The first-order valence-corrected chi connectivity index (χ1v) is 10.8. The predicted octanol–water partition coefficient (Wildman–Crippen LogP) is -3.07. The summed E-state index contributed by atoms with van der Waals surface area (Å²) in [6.45, 7) is 1.13. The topological polar surface area (TPSA) is 274 Å². The minimum Gasteiger partial charge on any atom is -0.481 e. The SMILES string of the molecule is CC(O)C(NC(=O)C(CCC(=O)O)NC(=O)C(N)Cc1cnc[nH]1)C(=O)NC(CCC(=O)O)C(=O)O. The Kier molecular flexibility index (Phi) is 12.0. The fourth-order valence-electron chi connectivity index (χ4n) is 2.99. The van der Waals surface area contributed by atoms with Gasteiger partial charge in [-0.15, -0.1) is 0 Å². The van der Waals surface area contributed by atoms with Crippen molar-refractivity contribution in [3.05, 3.63) is 18.2 Å². The van der Waals surface area contributed by atoms with Gasteiger partial charge in [0.2, 0.25) is 17.7 Å². The molecule has 0 aliphatic carbocycles. The van der Waals surface area contributed by atoms with Crippen LogP contribution >= 0.6 is 0 Å². The standard InChI is InChI=1S/C20H30N6O10/c1-9(27)16(19(34)25-13(20(35)36)3-5-15(30)31)26-18(33)12(2-4-14(28)29)24-17(32)11(21)6-10-7-22-8-23-10/h7-9,11-13,16,27H,2-6,21H2,1H3,(H,22,23)(H,24,32)(H,25,34)(H,26,33)(H,28,29)(H,30,31)(H,35,36). The lowest BCUT2D eigenvalue weighted by Gasteiger charge is -2.26. The number of carbonyl (C=O) groups excluding carboxylic acids is 3. The molecule has 1 heterocycles. The summed E-state index contributed by atoms with van der Waals surface area (Å²) < 4.78 is 0. The van der Waals surface area contributed by atoms with Crippen LogP contribution in [-0.2, 0) is 35.2 Å². The third-order valence-corrected chi connectivity index (χ3v) is 4.94. The molecule has 0 saturated heterocycles. The van der Waals surface area contributed by atoms with Crippen molar-refractivity contribution in [1.29, 1.82) is 0 Å². The molecule has 0 aliphatic rings. The number of amides is 3. The molecule has 3 amide bonds. The molecule has 1 aromatic heterocycles. The minimum atomic E-state index is -1.70. The predicted molar refractivity (Wildman–Crippen MR) is 119 cm³/mol.